The lowest BCUT2D eigenvalue weighted by Crippen LogP contribution is -2.38. The Bertz CT molecular complexity index is 1210. The average molecular weight is 473 g/mol. The number of hydrogen-bond acceptors (Lipinski definition) is 4. The van der Waals surface area contributed by atoms with Gasteiger partial charge in [0, 0.05) is 10.7 Å². The van der Waals surface area contributed by atoms with Crippen molar-refractivity contribution in [2.75, 3.05) is 23.3 Å². The molecule has 0 aliphatic rings. The van der Waals surface area contributed by atoms with Crippen molar-refractivity contribution in [3.8, 4) is 5.75 Å². The Morgan fingerprint density at radius 3 is 2.38 bits per heavy atom. The summed E-state index contributed by atoms with van der Waals surface area (Å²) < 4.78 is 33.1. The van der Waals surface area contributed by atoms with E-state index in [9.17, 15) is 13.2 Å². The molecule has 6 nitrogen and oxygen atoms in total. The van der Waals surface area contributed by atoms with Gasteiger partial charge in [0.05, 0.1) is 17.7 Å². The summed E-state index contributed by atoms with van der Waals surface area (Å²) in [5.74, 6) is 0.0775. The quantitative estimate of drug-likeness (QED) is 0.497. The van der Waals surface area contributed by atoms with Gasteiger partial charge in [-0.3, -0.25) is 9.10 Å². The normalized spacial score (nSPS) is 11.1. The summed E-state index contributed by atoms with van der Waals surface area (Å²) in [7, 11) is -2.55. The van der Waals surface area contributed by atoms with Gasteiger partial charge in [0.15, 0.2) is 0 Å². The second-order valence-corrected chi connectivity index (χ2v) is 9.48. The molecule has 0 fully saturated rings. The molecule has 0 aliphatic heterocycles. The van der Waals surface area contributed by atoms with Crippen LogP contribution in [0.5, 0.6) is 5.75 Å². The zero-order valence-corrected chi connectivity index (χ0v) is 19.7. The number of carbonyl (C=O) groups is 1. The molecule has 3 aromatic rings. The minimum atomic E-state index is -4.05. The van der Waals surface area contributed by atoms with E-state index in [1.807, 2.05) is 32.0 Å². The summed E-state index contributed by atoms with van der Waals surface area (Å²) in [5, 5.41) is 3.25. The van der Waals surface area contributed by atoms with Crippen LogP contribution >= 0.6 is 11.6 Å². The van der Waals surface area contributed by atoms with Crippen LogP contribution in [-0.4, -0.2) is 28.0 Å². The van der Waals surface area contributed by atoms with Crippen LogP contribution in [0.4, 0.5) is 11.4 Å². The lowest BCUT2D eigenvalue weighted by molar-refractivity contribution is -0.114. The number of anilines is 2. The number of nitrogens with zero attached hydrogens (tertiary/aromatic N) is 1. The van der Waals surface area contributed by atoms with Crippen LogP contribution in [0.3, 0.4) is 0 Å². The number of amides is 1. The minimum Gasteiger partial charge on any atom is -0.497 e. The maximum Gasteiger partial charge on any atom is 0.264 e. The van der Waals surface area contributed by atoms with Gasteiger partial charge in [0.25, 0.3) is 10.0 Å². The van der Waals surface area contributed by atoms with Crippen LogP contribution < -0.4 is 14.4 Å². The van der Waals surface area contributed by atoms with Crippen molar-refractivity contribution in [2.45, 2.75) is 25.2 Å². The SMILES string of the molecule is CCc1cccc(C)c1NC(=O)CN(c1cccc(Cl)c1)S(=O)(=O)c1ccc(OC)cc1. The molecule has 1 N–H and O–H groups in total. The van der Waals surface area contributed by atoms with Gasteiger partial charge in [-0.05, 0) is 66.9 Å². The first-order valence-electron chi connectivity index (χ1n) is 10.1. The van der Waals surface area contributed by atoms with Gasteiger partial charge >= 0.3 is 0 Å². The molecule has 0 radical (unpaired) electrons. The van der Waals surface area contributed by atoms with Crippen molar-refractivity contribution in [3.05, 3.63) is 82.9 Å². The molecule has 0 aromatic heterocycles. The monoisotopic (exact) mass is 472 g/mol. The number of halogens is 1. The predicted octanol–water partition coefficient (Wildman–Crippen LogP) is 5.05. The molecule has 1 amide bonds. The molecule has 8 heteroatoms. The zero-order chi connectivity index (χ0) is 23.3. The Labute approximate surface area is 193 Å². The number of ether oxygens (including phenoxy) is 1. The Balaban J connectivity index is 1.98. The fourth-order valence-electron chi connectivity index (χ4n) is 3.33. The van der Waals surface area contributed by atoms with E-state index in [2.05, 4.69) is 5.32 Å². The number of benzene rings is 3. The van der Waals surface area contributed by atoms with E-state index in [0.717, 1.165) is 21.9 Å². The highest BCUT2D eigenvalue weighted by Gasteiger charge is 2.28. The second kappa shape index (κ2) is 10.1. The standard InChI is InChI=1S/C24H25ClN2O4S/c1-4-18-8-5-7-17(2)24(18)26-23(28)16-27(20-10-6-9-19(25)15-20)32(29,30)22-13-11-21(31-3)12-14-22/h5-15H,4,16H2,1-3H3,(H,26,28). The Morgan fingerprint density at radius 2 is 1.75 bits per heavy atom. The molecule has 0 bridgehead atoms. The molecule has 0 spiro atoms. The maximum atomic E-state index is 13.5. The fourth-order valence-corrected chi connectivity index (χ4v) is 4.93. The van der Waals surface area contributed by atoms with Crippen LogP contribution in [-0.2, 0) is 21.2 Å². The van der Waals surface area contributed by atoms with Gasteiger partial charge in [-0.2, -0.15) is 0 Å². The summed E-state index contributed by atoms with van der Waals surface area (Å²) >= 11 is 6.11. The molecule has 0 saturated carbocycles. The van der Waals surface area contributed by atoms with Crippen molar-refractivity contribution in [3.63, 3.8) is 0 Å². The highest BCUT2D eigenvalue weighted by molar-refractivity contribution is 7.92. The van der Waals surface area contributed by atoms with Crippen LogP contribution in [0.15, 0.2) is 71.6 Å². The van der Waals surface area contributed by atoms with Crippen molar-refractivity contribution < 1.29 is 17.9 Å². The molecule has 168 valence electrons. The van der Waals surface area contributed by atoms with Crippen molar-refractivity contribution in [1.82, 2.24) is 0 Å². The number of rotatable bonds is 8. The van der Waals surface area contributed by atoms with Crippen LogP contribution in [0, 0.1) is 6.92 Å². The second-order valence-electron chi connectivity index (χ2n) is 7.18. The third kappa shape index (κ3) is 5.23. The molecular formula is C24H25ClN2O4S. The number of methoxy groups -OCH3 is 1. The Morgan fingerprint density at radius 1 is 1.06 bits per heavy atom. The van der Waals surface area contributed by atoms with Gasteiger partial charge in [-0.15, -0.1) is 0 Å². The number of aryl methyl sites for hydroxylation is 2. The summed E-state index contributed by atoms with van der Waals surface area (Å²) in [6.45, 7) is 3.49. The van der Waals surface area contributed by atoms with Crippen LogP contribution in [0.2, 0.25) is 5.02 Å². The fraction of sp³-hybridized carbons (Fsp3) is 0.208. The molecule has 3 rings (SSSR count). The summed E-state index contributed by atoms with van der Waals surface area (Å²) in [4.78, 5) is 13.0. The summed E-state index contributed by atoms with van der Waals surface area (Å²) in [6, 6.07) is 18.2. The molecule has 32 heavy (non-hydrogen) atoms. The van der Waals surface area contributed by atoms with Gasteiger partial charge in [0.2, 0.25) is 5.91 Å². The van der Waals surface area contributed by atoms with Gasteiger partial charge in [0.1, 0.15) is 12.3 Å². The third-order valence-corrected chi connectivity index (χ3v) is 7.06. The smallest absolute Gasteiger partial charge is 0.264 e. The lowest BCUT2D eigenvalue weighted by atomic mass is 10.1. The average Bonchev–Trinajstić information content (AvgIpc) is 2.78. The number of nitrogens with one attached hydrogen (secondary N) is 1. The maximum absolute atomic E-state index is 13.5. The first-order valence-corrected chi connectivity index (χ1v) is 11.9. The van der Waals surface area contributed by atoms with Gasteiger partial charge < -0.3 is 10.1 Å². The third-order valence-electron chi connectivity index (χ3n) is 5.04. The largest absolute Gasteiger partial charge is 0.497 e. The van der Waals surface area contributed by atoms with E-state index >= 15 is 0 Å². The predicted molar refractivity (Wildman–Crippen MR) is 128 cm³/mol. The highest BCUT2D eigenvalue weighted by Crippen LogP contribution is 2.28. The topological polar surface area (TPSA) is 75.7 Å². The van der Waals surface area contributed by atoms with E-state index in [1.165, 1.54) is 25.3 Å². The Hall–Kier alpha value is -3.03. The number of sulfonamides is 1. The number of hydrogen-bond donors (Lipinski definition) is 1. The zero-order valence-electron chi connectivity index (χ0n) is 18.1. The highest BCUT2D eigenvalue weighted by atomic mass is 35.5. The number of para-hydroxylation sites is 1. The van der Waals surface area contributed by atoms with Crippen molar-refractivity contribution in [2.24, 2.45) is 0 Å². The Kier molecular flexibility index (Phi) is 7.43. The summed E-state index contributed by atoms with van der Waals surface area (Å²) in [5.41, 5.74) is 2.88. The van der Waals surface area contributed by atoms with E-state index < -0.39 is 22.5 Å². The van der Waals surface area contributed by atoms with Crippen molar-refractivity contribution in [1.29, 1.82) is 0 Å². The molecule has 0 unspecified atom stereocenters. The summed E-state index contributed by atoms with van der Waals surface area (Å²) in [6.07, 6.45) is 0.736. The first kappa shape index (κ1) is 23.6. The van der Waals surface area contributed by atoms with Crippen molar-refractivity contribution >= 4 is 38.9 Å². The molecule has 0 heterocycles. The van der Waals surface area contributed by atoms with E-state index in [4.69, 9.17) is 16.3 Å². The molecule has 3 aromatic carbocycles. The lowest BCUT2D eigenvalue weighted by Gasteiger charge is -2.25. The minimum absolute atomic E-state index is 0.0382. The molecular weight excluding hydrogens is 448 g/mol. The first-order chi connectivity index (χ1) is 15.3. The molecule has 0 saturated heterocycles. The number of carbonyl (C=O) groups excluding carboxylic acids is 1. The van der Waals surface area contributed by atoms with Crippen LogP contribution in [0.25, 0.3) is 0 Å². The van der Waals surface area contributed by atoms with Crippen LogP contribution in [0.1, 0.15) is 18.1 Å². The van der Waals surface area contributed by atoms with E-state index in [-0.39, 0.29) is 4.90 Å². The van der Waals surface area contributed by atoms with Gasteiger partial charge in [-0.1, -0.05) is 42.8 Å². The molecule has 0 aliphatic carbocycles. The van der Waals surface area contributed by atoms with E-state index in [0.29, 0.717) is 22.1 Å². The van der Waals surface area contributed by atoms with Gasteiger partial charge in [-0.25, -0.2) is 8.42 Å². The van der Waals surface area contributed by atoms with E-state index in [1.54, 1.807) is 30.3 Å². The molecule has 0 atom stereocenters.